The molecule has 2 rings (SSSR count). The average molecular weight is 318 g/mol. The Labute approximate surface area is 127 Å². The molecule has 1 heterocycles. The zero-order valence-corrected chi connectivity index (χ0v) is 12.6. The number of nitrogens with one attached hydrogen (secondary N) is 1. The highest BCUT2D eigenvalue weighted by Crippen LogP contribution is 2.23. The van der Waals surface area contributed by atoms with E-state index in [2.05, 4.69) is 5.32 Å². The van der Waals surface area contributed by atoms with E-state index in [9.17, 15) is 9.18 Å². The summed E-state index contributed by atoms with van der Waals surface area (Å²) < 4.78 is 18.9. The Morgan fingerprint density at radius 3 is 3.10 bits per heavy atom. The molecule has 110 valence electrons. The highest BCUT2D eigenvalue weighted by Gasteiger charge is 2.16. The van der Waals surface area contributed by atoms with Gasteiger partial charge in [0.15, 0.2) is 0 Å². The topological polar surface area (TPSA) is 38.3 Å². The Balaban J connectivity index is 1.68. The van der Waals surface area contributed by atoms with Crippen LogP contribution in [0.1, 0.15) is 18.4 Å². The second-order valence-electron chi connectivity index (χ2n) is 4.63. The normalized spacial score (nSPS) is 18.2. The highest BCUT2D eigenvalue weighted by molar-refractivity contribution is 7.99. The maximum Gasteiger partial charge on any atom is 0.230 e. The van der Waals surface area contributed by atoms with E-state index in [1.165, 1.54) is 17.8 Å². The first-order valence-electron chi connectivity index (χ1n) is 6.55. The Hall–Kier alpha value is -0.780. The summed E-state index contributed by atoms with van der Waals surface area (Å²) in [7, 11) is 0. The quantitative estimate of drug-likeness (QED) is 0.876. The van der Waals surface area contributed by atoms with Crippen LogP contribution in [-0.2, 0) is 15.3 Å². The van der Waals surface area contributed by atoms with E-state index in [0.29, 0.717) is 22.9 Å². The Morgan fingerprint density at radius 2 is 2.40 bits per heavy atom. The van der Waals surface area contributed by atoms with Gasteiger partial charge in [-0.25, -0.2) is 4.39 Å². The van der Waals surface area contributed by atoms with Gasteiger partial charge in [-0.1, -0.05) is 17.7 Å². The van der Waals surface area contributed by atoms with Crippen molar-refractivity contribution in [2.24, 2.45) is 0 Å². The average Bonchev–Trinajstić information content (AvgIpc) is 2.93. The van der Waals surface area contributed by atoms with E-state index in [1.54, 1.807) is 12.1 Å². The molecule has 1 aliphatic heterocycles. The lowest BCUT2D eigenvalue weighted by Gasteiger charge is -2.10. The van der Waals surface area contributed by atoms with Crippen molar-refractivity contribution in [3.63, 3.8) is 0 Å². The summed E-state index contributed by atoms with van der Waals surface area (Å²) in [6, 6.07) is 4.59. The predicted octanol–water partition coefficient (Wildman–Crippen LogP) is 3.01. The zero-order valence-electron chi connectivity index (χ0n) is 11.0. The van der Waals surface area contributed by atoms with Crippen LogP contribution in [0.3, 0.4) is 0 Å². The monoisotopic (exact) mass is 317 g/mol. The minimum Gasteiger partial charge on any atom is -0.376 e. The SMILES string of the molecule is O=C(CSCc1c(F)cccc1Cl)NC[C@H]1CCCO1. The van der Waals surface area contributed by atoms with Gasteiger partial charge in [0, 0.05) is 29.5 Å². The summed E-state index contributed by atoms with van der Waals surface area (Å²) in [5.41, 5.74) is 0.450. The molecular formula is C14H17ClFNO2S. The van der Waals surface area contributed by atoms with Crippen molar-refractivity contribution >= 4 is 29.3 Å². The Kier molecular flexibility index (Phi) is 6.13. The van der Waals surface area contributed by atoms with Gasteiger partial charge in [0.1, 0.15) is 5.82 Å². The smallest absolute Gasteiger partial charge is 0.230 e. The van der Waals surface area contributed by atoms with Crippen LogP contribution in [0.15, 0.2) is 18.2 Å². The predicted molar refractivity (Wildman–Crippen MR) is 79.6 cm³/mol. The number of carbonyl (C=O) groups excluding carboxylic acids is 1. The van der Waals surface area contributed by atoms with E-state index in [-0.39, 0.29) is 23.6 Å². The summed E-state index contributed by atoms with van der Waals surface area (Å²) in [6.07, 6.45) is 2.20. The summed E-state index contributed by atoms with van der Waals surface area (Å²) in [6.45, 7) is 1.33. The first-order valence-corrected chi connectivity index (χ1v) is 8.09. The van der Waals surface area contributed by atoms with E-state index in [4.69, 9.17) is 16.3 Å². The number of hydrogen-bond acceptors (Lipinski definition) is 3. The van der Waals surface area contributed by atoms with Crippen LogP contribution >= 0.6 is 23.4 Å². The van der Waals surface area contributed by atoms with Crippen molar-refractivity contribution in [1.82, 2.24) is 5.32 Å². The van der Waals surface area contributed by atoms with Crippen molar-refractivity contribution in [3.05, 3.63) is 34.6 Å². The molecule has 1 atom stereocenters. The maximum atomic E-state index is 13.5. The summed E-state index contributed by atoms with van der Waals surface area (Å²) >= 11 is 7.27. The van der Waals surface area contributed by atoms with Gasteiger partial charge in [0.2, 0.25) is 5.91 Å². The molecule has 1 N–H and O–H groups in total. The van der Waals surface area contributed by atoms with Crippen molar-refractivity contribution < 1.29 is 13.9 Å². The molecule has 1 aromatic rings. The number of ether oxygens (including phenoxy) is 1. The van der Waals surface area contributed by atoms with Crippen molar-refractivity contribution in [2.75, 3.05) is 18.9 Å². The number of halogens is 2. The molecule has 1 aromatic carbocycles. The third-order valence-electron chi connectivity index (χ3n) is 3.09. The van der Waals surface area contributed by atoms with Gasteiger partial charge in [-0.05, 0) is 25.0 Å². The lowest BCUT2D eigenvalue weighted by atomic mass is 10.2. The highest BCUT2D eigenvalue weighted by atomic mass is 35.5. The first-order chi connectivity index (χ1) is 9.66. The second kappa shape index (κ2) is 7.86. The maximum absolute atomic E-state index is 13.5. The van der Waals surface area contributed by atoms with Gasteiger partial charge in [0.05, 0.1) is 11.9 Å². The Morgan fingerprint density at radius 1 is 1.55 bits per heavy atom. The fraction of sp³-hybridized carbons (Fsp3) is 0.500. The number of amides is 1. The molecule has 1 amide bonds. The first kappa shape index (κ1) is 15.6. The van der Waals surface area contributed by atoms with E-state index >= 15 is 0 Å². The molecule has 0 radical (unpaired) electrons. The van der Waals surface area contributed by atoms with Crippen molar-refractivity contribution in [2.45, 2.75) is 24.7 Å². The standard InChI is InChI=1S/C14H17ClFNO2S/c15-12-4-1-5-13(16)11(12)8-20-9-14(18)17-7-10-3-2-6-19-10/h1,4-5,10H,2-3,6-9H2,(H,17,18)/t10-/m1/s1. The van der Waals surface area contributed by atoms with Gasteiger partial charge >= 0.3 is 0 Å². The molecule has 0 aliphatic carbocycles. The van der Waals surface area contributed by atoms with Crippen LogP contribution in [0, 0.1) is 5.82 Å². The molecule has 0 bridgehead atoms. The summed E-state index contributed by atoms with van der Waals surface area (Å²) in [4.78, 5) is 11.6. The molecule has 1 aliphatic rings. The largest absolute Gasteiger partial charge is 0.376 e. The third kappa shape index (κ3) is 4.65. The van der Waals surface area contributed by atoms with Crippen molar-refractivity contribution in [1.29, 1.82) is 0 Å². The molecule has 3 nitrogen and oxygen atoms in total. The number of hydrogen-bond donors (Lipinski definition) is 1. The second-order valence-corrected chi connectivity index (χ2v) is 6.02. The zero-order chi connectivity index (χ0) is 14.4. The molecule has 0 aromatic heterocycles. The molecule has 0 unspecified atom stereocenters. The number of carbonyl (C=O) groups is 1. The fourth-order valence-corrected chi connectivity index (χ4v) is 3.20. The number of benzene rings is 1. The lowest BCUT2D eigenvalue weighted by Crippen LogP contribution is -2.32. The third-order valence-corrected chi connectivity index (χ3v) is 4.41. The molecule has 0 saturated carbocycles. The van der Waals surface area contributed by atoms with Crippen LogP contribution in [0.2, 0.25) is 5.02 Å². The van der Waals surface area contributed by atoms with E-state index in [0.717, 1.165) is 19.4 Å². The van der Waals surface area contributed by atoms with Crippen LogP contribution in [0.4, 0.5) is 4.39 Å². The number of rotatable bonds is 6. The molecule has 1 fully saturated rings. The van der Waals surface area contributed by atoms with Gasteiger partial charge in [-0.15, -0.1) is 11.8 Å². The van der Waals surface area contributed by atoms with Crippen LogP contribution < -0.4 is 5.32 Å². The molecule has 1 saturated heterocycles. The molecule has 0 spiro atoms. The van der Waals surface area contributed by atoms with E-state index < -0.39 is 0 Å². The molecule has 6 heteroatoms. The van der Waals surface area contributed by atoms with Crippen molar-refractivity contribution in [3.8, 4) is 0 Å². The summed E-state index contributed by atoms with van der Waals surface area (Å²) in [5, 5.41) is 3.23. The van der Waals surface area contributed by atoms with Gasteiger partial charge < -0.3 is 10.1 Å². The number of thioether (sulfide) groups is 1. The van der Waals surface area contributed by atoms with Gasteiger partial charge in [0.25, 0.3) is 0 Å². The van der Waals surface area contributed by atoms with Crippen LogP contribution in [0.25, 0.3) is 0 Å². The Bertz CT molecular complexity index is 446. The fourth-order valence-electron chi connectivity index (χ4n) is 2.00. The minimum absolute atomic E-state index is 0.0574. The van der Waals surface area contributed by atoms with Crippen LogP contribution in [-0.4, -0.2) is 30.9 Å². The van der Waals surface area contributed by atoms with Gasteiger partial charge in [-0.3, -0.25) is 4.79 Å². The molecule has 20 heavy (non-hydrogen) atoms. The lowest BCUT2D eigenvalue weighted by molar-refractivity contribution is -0.119. The minimum atomic E-state index is -0.329. The summed E-state index contributed by atoms with van der Waals surface area (Å²) in [5.74, 6) is 0.290. The van der Waals surface area contributed by atoms with Crippen LogP contribution in [0.5, 0.6) is 0 Å². The van der Waals surface area contributed by atoms with Gasteiger partial charge in [-0.2, -0.15) is 0 Å². The molecular weight excluding hydrogens is 301 g/mol. The van der Waals surface area contributed by atoms with E-state index in [1.807, 2.05) is 0 Å².